The van der Waals surface area contributed by atoms with Gasteiger partial charge in [-0.25, -0.2) is 0 Å². The van der Waals surface area contributed by atoms with Crippen LogP contribution in [-0.4, -0.2) is 26.0 Å². The van der Waals surface area contributed by atoms with Crippen LogP contribution >= 0.6 is 0 Å². The zero-order valence-electron chi connectivity index (χ0n) is 9.95. The fourth-order valence-corrected chi connectivity index (χ4v) is 2.74. The van der Waals surface area contributed by atoms with Gasteiger partial charge in [-0.15, -0.1) is 0 Å². The highest BCUT2D eigenvalue weighted by Gasteiger charge is 2.30. The first-order valence-electron chi connectivity index (χ1n) is 5.76. The van der Waals surface area contributed by atoms with Gasteiger partial charge in [-0.05, 0) is 51.2 Å². The molecule has 1 aliphatic rings. The van der Waals surface area contributed by atoms with Crippen molar-refractivity contribution in [3.05, 3.63) is 0 Å². The van der Waals surface area contributed by atoms with Crippen molar-refractivity contribution in [2.75, 3.05) is 6.61 Å². The van der Waals surface area contributed by atoms with Crippen LogP contribution in [0.4, 0.5) is 0 Å². The molecule has 0 bridgehead atoms. The van der Waals surface area contributed by atoms with Gasteiger partial charge in [0, 0.05) is 6.61 Å². The lowest BCUT2D eigenvalue weighted by Crippen LogP contribution is -2.34. The van der Waals surface area contributed by atoms with Crippen molar-refractivity contribution in [3.63, 3.8) is 0 Å². The van der Waals surface area contributed by atoms with Crippen molar-refractivity contribution in [1.82, 2.24) is 0 Å². The van der Waals surface area contributed by atoms with E-state index < -0.39 is 8.32 Å². The third kappa shape index (κ3) is 4.34. The highest BCUT2D eigenvalue weighted by molar-refractivity contribution is 6.71. The lowest BCUT2D eigenvalue weighted by atomic mass is 9.82. The Morgan fingerprint density at radius 1 is 1.27 bits per heavy atom. The molecule has 1 fully saturated rings. The lowest BCUT2D eigenvalue weighted by Gasteiger charge is -2.28. The van der Waals surface area contributed by atoms with Gasteiger partial charge < -0.3 is 9.53 Å². The number of aliphatic hydroxyl groups excluding tert-OH is 1. The molecule has 0 aliphatic heterocycles. The second-order valence-corrected chi connectivity index (χ2v) is 9.86. The Bertz CT molecular complexity index is 214. The monoisotopic (exact) mass is 230 g/mol. The molecule has 0 amide bonds. The zero-order valence-corrected chi connectivity index (χ0v) is 11.0. The van der Waals surface area contributed by atoms with Gasteiger partial charge in [-0.3, -0.25) is 4.79 Å². The smallest absolute Gasteiger partial charge is 0.295 e. The van der Waals surface area contributed by atoms with E-state index in [2.05, 4.69) is 0 Å². The maximum atomic E-state index is 11.8. The van der Waals surface area contributed by atoms with E-state index in [1.165, 1.54) is 0 Å². The molecule has 0 unspecified atom stereocenters. The molecule has 88 valence electrons. The van der Waals surface area contributed by atoms with Crippen LogP contribution in [0.3, 0.4) is 0 Å². The largest absolute Gasteiger partial charge is 0.520 e. The molecule has 0 saturated heterocycles. The van der Waals surface area contributed by atoms with Crippen LogP contribution in [0.1, 0.15) is 25.7 Å². The number of carbonyl (C=O) groups is 1. The SMILES string of the molecule is C[Si](C)(C)OC(=O)C1CCC(CO)CC1. The van der Waals surface area contributed by atoms with E-state index in [-0.39, 0.29) is 18.5 Å². The standard InChI is InChI=1S/C11H22O3Si/c1-15(2,3)14-11(13)10-6-4-9(8-12)5-7-10/h9-10,12H,4-8H2,1-3H3. The topological polar surface area (TPSA) is 46.5 Å². The summed E-state index contributed by atoms with van der Waals surface area (Å²) in [5, 5.41) is 8.99. The molecule has 1 N–H and O–H groups in total. The summed E-state index contributed by atoms with van der Waals surface area (Å²) in [5.41, 5.74) is 0. The molecule has 0 heterocycles. The molecule has 15 heavy (non-hydrogen) atoms. The Kier molecular flexibility index (Phi) is 4.34. The van der Waals surface area contributed by atoms with Crippen molar-refractivity contribution in [1.29, 1.82) is 0 Å². The van der Waals surface area contributed by atoms with Crippen LogP contribution in [0.25, 0.3) is 0 Å². The number of hydrogen-bond donors (Lipinski definition) is 1. The van der Waals surface area contributed by atoms with Gasteiger partial charge in [0.1, 0.15) is 0 Å². The highest BCUT2D eigenvalue weighted by Crippen LogP contribution is 2.29. The Labute approximate surface area is 93.0 Å². The normalized spacial score (nSPS) is 27.5. The minimum absolute atomic E-state index is 0.00874. The van der Waals surface area contributed by atoms with Crippen LogP contribution in [0.15, 0.2) is 0 Å². The summed E-state index contributed by atoms with van der Waals surface area (Å²) >= 11 is 0. The van der Waals surface area contributed by atoms with Gasteiger partial charge in [0.05, 0.1) is 5.92 Å². The first-order chi connectivity index (χ1) is 6.92. The van der Waals surface area contributed by atoms with Gasteiger partial charge in [0.25, 0.3) is 5.97 Å². The van der Waals surface area contributed by atoms with Crippen molar-refractivity contribution in [2.45, 2.75) is 45.3 Å². The predicted octanol–water partition coefficient (Wildman–Crippen LogP) is 2.16. The van der Waals surface area contributed by atoms with E-state index in [4.69, 9.17) is 9.53 Å². The van der Waals surface area contributed by atoms with Crippen LogP contribution in [0.2, 0.25) is 19.6 Å². The summed E-state index contributed by atoms with van der Waals surface area (Å²) in [6.07, 6.45) is 3.69. The maximum absolute atomic E-state index is 11.8. The Morgan fingerprint density at radius 2 is 1.80 bits per heavy atom. The average Bonchev–Trinajstić information content (AvgIpc) is 2.15. The molecule has 1 saturated carbocycles. The summed E-state index contributed by atoms with van der Waals surface area (Å²) in [7, 11) is -1.73. The molecule has 0 aromatic carbocycles. The highest BCUT2D eigenvalue weighted by atomic mass is 28.4. The van der Waals surface area contributed by atoms with E-state index in [1.807, 2.05) is 19.6 Å². The van der Waals surface area contributed by atoms with Gasteiger partial charge >= 0.3 is 0 Å². The third-order valence-electron chi connectivity index (χ3n) is 2.85. The number of aliphatic hydroxyl groups is 1. The Morgan fingerprint density at radius 3 is 2.20 bits per heavy atom. The van der Waals surface area contributed by atoms with Gasteiger partial charge in [0.15, 0.2) is 0 Å². The van der Waals surface area contributed by atoms with E-state index in [9.17, 15) is 4.79 Å². The first kappa shape index (κ1) is 12.7. The van der Waals surface area contributed by atoms with Crippen LogP contribution in [0, 0.1) is 11.8 Å². The second kappa shape index (κ2) is 5.12. The summed E-state index contributed by atoms with van der Waals surface area (Å²) in [4.78, 5) is 11.8. The molecule has 1 aliphatic carbocycles. The van der Waals surface area contributed by atoms with Crippen molar-refractivity contribution < 1.29 is 14.3 Å². The Hall–Kier alpha value is -0.353. The quantitative estimate of drug-likeness (QED) is 0.756. The van der Waals surface area contributed by atoms with Crippen molar-refractivity contribution >= 4 is 14.3 Å². The zero-order chi connectivity index (χ0) is 11.5. The molecule has 0 aromatic heterocycles. The average molecular weight is 230 g/mol. The molecule has 4 heteroatoms. The molecule has 0 spiro atoms. The second-order valence-electron chi connectivity index (χ2n) is 5.43. The number of rotatable bonds is 3. The molecular formula is C11H22O3Si. The molecule has 0 radical (unpaired) electrons. The van der Waals surface area contributed by atoms with E-state index in [0.717, 1.165) is 25.7 Å². The molecule has 3 nitrogen and oxygen atoms in total. The van der Waals surface area contributed by atoms with Crippen LogP contribution < -0.4 is 0 Å². The number of carbonyl (C=O) groups excluding carboxylic acids is 1. The summed E-state index contributed by atoms with van der Waals surface area (Å²) < 4.78 is 5.48. The third-order valence-corrected chi connectivity index (χ3v) is 3.66. The maximum Gasteiger partial charge on any atom is 0.295 e. The fraction of sp³-hybridized carbons (Fsp3) is 0.909. The first-order valence-corrected chi connectivity index (χ1v) is 9.17. The number of hydrogen-bond acceptors (Lipinski definition) is 3. The minimum Gasteiger partial charge on any atom is -0.520 e. The molecule has 0 aromatic rings. The lowest BCUT2D eigenvalue weighted by molar-refractivity contribution is -0.141. The van der Waals surface area contributed by atoms with Gasteiger partial charge in [-0.2, -0.15) is 0 Å². The van der Waals surface area contributed by atoms with E-state index in [1.54, 1.807) is 0 Å². The molecule has 0 atom stereocenters. The predicted molar refractivity (Wildman–Crippen MR) is 62.0 cm³/mol. The molecular weight excluding hydrogens is 208 g/mol. The Balaban J connectivity index is 2.37. The summed E-state index contributed by atoms with van der Waals surface area (Å²) in [5.74, 6) is 0.478. The van der Waals surface area contributed by atoms with Crippen LogP contribution in [-0.2, 0) is 9.22 Å². The van der Waals surface area contributed by atoms with Crippen LogP contribution in [0.5, 0.6) is 0 Å². The fourth-order valence-electron chi connectivity index (χ4n) is 1.97. The molecule has 1 rings (SSSR count). The van der Waals surface area contributed by atoms with Gasteiger partial charge in [0.2, 0.25) is 8.32 Å². The van der Waals surface area contributed by atoms with Crippen molar-refractivity contribution in [3.8, 4) is 0 Å². The van der Waals surface area contributed by atoms with E-state index >= 15 is 0 Å². The summed E-state index contributed by atoms with van der Waals surface area (Å²) in [6, 6.07) is 0. The summed E-state index contributed by atoms with van der Waals surface area (Å²) in [6.45, 7) is 6.36. The van der Waals surface area contributed by atoms with Gasteiger partial charge in [-0.1, -0.05) is 0 Å². The van der Waals surface area contributed by atoms with E-state index in [0.29, 0.717) is 5.92 Å². The van der Waals surface area contributed by atoms with Crippen molar-refractivity contribution in [2.24, 2.45) is 11.8 Å². The minimum atomic E-state index is -1.73.